The van der Waals surface area contributed by atoms with Crippen molar-refractivity contribution < 1.29 is 9.53 Å². The van der Waals surface area contributed by atoms with Gasteiger partial charge in [0.25, 0.3) is 0 Å². The predicted molar refractivity (Wildman–Crippen MR) is 85.9 cm³/mol. The van der Waals surface area contributed by atoms with Crippen LogP contribution in [0.3, 0.4) is 0 Å². The average molecular weight is 330 g/mol. The Hall–Kier alpha value is -2.16. The molecule has 1 aliphatic heterocycles. The molecule has 0 bridgehead atoms. The average Bonchev–Trinajstić information content (AvgIpc) is 3.16. The van der Waals surface area contributed by atoms with Crippen molar-refractivity contribution >= 4 is 17.4 Å². The maximum absolute atomic E-state index is 12.7. The monoisotopic (exact) mass is 329 g/mol. The van der Waals surface area contributed by atoms with Gasteiger partial charge in [-0.1, -0.05) is 11.6 Å². The summed E-state index contributed by atoms with van der Waals surface area (Å²) in [6.07, 6.45) is 2.99. The highest BCUT2D eigenvalue weighted by molar-refractivity contribution is 6.31. The fourth-order valence-electron chi connectivity index (χ4n) is 2.82. The summed E-state index contributed by atoms with van der Waals surface area (Å²) in [5.74, 6) is 0.325. The van der Waals surface area contributed by atoms with Crippen molar-refractivity contribution in [1.29, 1.82) is 5.26 Å². The number of halogens is 1. The maximum atomic E-state index is 12.7. The van der Waals surface area contributed by atoms with Crippen molar-refractivity contribution in [2.75, 3.05) is 13.2 Å². The standard InChI is InChI=1S/C17H16ClN3O2/c1-11-17(16(22)6-12-4-5-23-9-12)21(10-20-11)14-3-2-13(8-19)15(18)7-14/h2-3,7,10,12H,4-6,9H2,1H3. The van der Waals surface area contributed by atoms with Gasteiger partial charge in [0.05, 0.1) is 16.3 Å². The number of carbonyl (C=O) groups excluding carboxylic acids is 1. The first-order valence-corrected chi connectivity index (χ1v) is 7.83. The lowest BCUT2D eigenvalue weighted by molar-refractivity contribution is 0.0945. The lowest BCUT2D eigenvalue weighted by Crippen LogP contribution is -2.14. The summed E-state index contributed by atoms with van der Waals surface area (Å²) in [7, 11) is 0. The molecule has 6 heteroatoms. The minimum absolute atomic E-state index is 0.0518. The minimum Gasteiger partial charge on any atom is -0.381 e. The highest BCUT2D eigenvalue weighted by Crippen LogP contribution is 2.24. The molecule has 118 valence electrons. The van der Waals surface area contributed by atoms with Crippen molar-refractivity contribution in [2.45, 2.75) is 19.8 Å². The molecule has 1 fully saturated rings. The molecule has 0 amide bonds. The number of benzene rings is 1. The topological polar surface area (TPSA) is 67.9 Å². The highest BCUT2D eigenvalue weighted by Gasteiger charge is 2.24. The molecular formula is C17H16ClN3O2. The number of nitrogens with zero attached hydrogens (tertiary/aromatic N) is 3. The van der Waals surface area contributed by atoms with E-state index in [-0.39, 0.29) is 11.7 Å². The van der Waals surface area contributed by atoms with Crippen molar-refractivity contribution in [2.24, 2.45) is 5.92 Å². The van der Waals surface area contributed by atoms with Crippen molar-refractivity contribution in [3.05, 3.63) is 46.5 Å². The molecule has 1 aliphatic rings. The Morgan fingerprint density at radius 2 is 2.39 bits per heavy atom. The molecule has 1 unspecified atom stereocenters. The van der Waals surface area contributed by atoms with E-state index in [1.807, 2.05) is 13.0 Å². The van der Waals surface area contributed by atoms with E-state index in [2.05, 4.69) is 4.98 Å². The number of aromatic nitrogens is 2. The van der Waals surface area contributed by atoms with Crippen molar-refractivity contribution in [3.63, 3.8) is 0 Å². The zero-order chi connectivity index (χ0) is 16.4. The number of rotatable bonds is 4. The van der Waals surface area contributed by atoms with E-state index in [9.17, 15) is 4.79 Å². The van der Waals surface area contributed by atoms with Crippen LogP contribution in [0.5, 0.6) is 0 Å². The van der Waals surface area contributed by atoms with Gasteiger partial charge >= 0.3 is 0 Å². The number of hydrogen-bond donors (Lipinski definition) is 0. The third-order valence-corrected chi connectivity index (χ3v) is 4.38. The Kier molecular flexibility index (Phi) is 4.46. The summed E-state index contributed by atoms with van der Waals surface area (Å²) in [6, 6.07) is 7.11. The lowest BCUT2D eigenvalue weighted by atomic mass is 9.99. The number of imidazole rings is 1. The van der Waals surface area contributed by atoms with Gasteiger partial charge in [0.2, 0.25) is 0 Å². The first-order chi connectivity index (χ1) is 11.1. The molecule has 0 N–H and O–H groups in total. The molecule has 0 saturated carbocycles. The predicted octanol–water partition coefficient (Wildman–Crippen LogP) is 3.32. The van der Waals surface area contributed by atoms with Crippen LogP contribution in [0.25, 0.3) is 5.69 Å². The van der Waals surface area contributed by atoms with Gasteiger partial charge in [0.15, 0.2) is 5.78 Å². The molecular weight excluding hydrogens is 314 g/mol. The SMILES string of the molecule is Cc1ncn(-c2ccc(C#N)c(Cl)c2)c1C(=O)CC1CCOC1. The second kappa shape index (κ2) is 6.53. The summed E-state index contributed by atoms with van der Waals surface area (Å²) < 4.78 is 7.08. The molecule has 3 rings (SSSR count). The number of ether oxygens (including phenoxy) is 1. The molecule has 5 nitrogen and oxygen atoms in total. The fraction of sp³-hybridized carbons (Fsp3) is 0.353. The van der Waals surface area contributed by atoms with Gasteiger partial charge < -0.3 is 4.74 Å². The van der Waals surface area contributed by atoms with E-state index in [0.29, 0.717) is 35.0 Å². The third kappa shape index (κ3) is 3.14. The molecule has 1 saturated heterocycles. The highest BCUT2D eigenvalue weighted by atomic mass is 35.5. The molecule has 23 heavy (non-hydrogen) atoms. The molecule has 2 heterocycles. The van der Waals surface area contributed by atoms with Crippen LogP contribution >= 0.6 is 11.6 Å². The lowest BCUT2D eigenvalue weighted by Gasteiger charge is -2.11. The fourth-order valence-corrected chi connectivity index (χ4v) is 3.03. The number of nitriles is 1. The molecule has 1 aromatic heterocycles. The van der Waals surface area contributed by atoms with Crippen LogP contribution in [0.4, 0.5) is 0 Å². The summed E-state index contributed by atoms with van der Waals surface area (Å²) in [5, 5.41) is 9.33. The van der Waals surface area contributed by atoms with Crippen LogP contribution in [0.1, 0.15) is 34.6 Å². The minimum atomic E-state index is 0.0518. The van der Waals surface area contributed by atoms with E-state index in [1.54, 1.807) is 29.1 Å². The first kappa shape index (κ1) is 15.7. The van der Waals surface area contributed by atoms with E-state index < -0.39 is 0 Å². The number of ketones is 1. The van der Waals surface area contributed by atoms with Crippen LogP contribution < -0.4 is 0 Å². The van der Waals surface area contributed by atoms with Gasteiger partial charge in [0, 0.05) is 25.3 Å². The normalized spacial score (nSPS) is 17.2. The number of carbonyl (C=O) groups is 1. The Bertz CT molecular complexity index is 786. The summed E-state index contributed by atoms with van der Waals surface area (Å²) >= 11 is 6.10. The van der Waals surface area contributed by atoms with Gasteiger partial charge in [-0.05, 0) is 37.5 Å². The van der Waals surface area contributed by atoms with Crippen LogP contribution in [0.2, 0.25) is 5.02 Å². The van der Waals surface area contributed by atoms with Crippen LogP contribution in [0, 0.1) is 24.2 Å². The Morgan fingerprint density at radius 1 is 1.57 bits per heavy atom. The van der Waals surface area contributed by atoms with Crippen LogP contribution in [0.15, 0.2) is 24.5 Å². The van der Waals surface area contributed by atoms with Gasteiger partial charge in [-0.15, -0.1) is 0 Å². The van der Waals surface area contributed by atoms with Crippen molar-refractivity contribution in [3.8, 4) is 11.8 Å². The zero-order valence-electron chi connectivity index (χ0n) is 12.8. The third-order valence-electron chi connectivity index (χ3n) is 4.06. The molecule has 0 spiro atoms. The van der Waals surface area contributed by atoms with Gasteiger partial charge in [-0.3, -0.25) is 9.36 Å². The Balaban J connectivity index is 1.93. The van der Waals surface area contributed by atoms with Gasteiger partial charge in [-0.2, -0.15) is 5.26 Å². The van der Waals surface area contributed by atoms with E-state index in [1.165, 1.54) is 0 Å². The van der Waals surface area contributed by atoms with Gasteiger partial charge in [-0.25, -0.2) is 4.98 Å². The second-order valence-electron chi connectivity index (χ2n) is 5.68. The van der Waals surface area contributed by atoms with E-state index >= 15 is 0 Å². The summed E-state index contributed by atoms with van der Waals surface area (Å²) in [6.45, 7) is 3.18. The molecule has 0 aliphatic carbocycles. The largest absolute Gasteiger partial charge is 0.381 e. The smallest absolute Gasteiger partial charge is 0.181 e. The number of hydrogen-bond acceptors (Lipinski definition) is 4. The summed E-state index contributed by atoms with van der Waals surface area (Å²) in [5.41, 5.74) is 2.39. The number of Topliss-reactive ketones (excluding diaryl/α,β-unsaturated/α-hetero) is 1. The van der Waals surface area contributed by atoms with Gasteiger partial charge in [0.1, 0.15) is 18.1 Å². The molecule has 1 aromatic carbocycles. The Labute approximate surface area is 139 Å². The van der Waals surface area contributed by atoms with Crippen molar-refractivity contribution in [1.82, 2.24) is 9.55 Å². The van der Waals surface area contributed by atoms with Crippen LogP contribution in [-0.4, -0.2) is 28.5 Å². The zero-order valence-corrected chi connectivity index (χ0v) is 13.5. The quantitative estimate of drug-likeness (QED) is 0.807. The molecule has 1 atom stereocenters. The maximum Gasteiger partial charge on any atom is 0.181 e. The van der Waals surface area contributed by atoms with Crippen LogP contribution in [-0.2, 0) is 4.74 Å². The summed E-state index contributed by atoms with van der Waals surface area (Å²) in [4.78, 5) is 16.9. The first-order valence-electron chi connectivity index (χ1n) is 7.45. The number of aryl methyl sites for hydroxylation is 1. The second-order valence-corrected chi connectivity index (χ2v) is 6.09. The Morgan fingerprint density at radius 3 is 3.04 bits per heavy atom. The molecule has 2 aromatic rings. The van der Waals surface area contributed by atoms with E-state index in [0.717, 1.165) is 18.7 Å². The van der Waals surface area contributed by atoms with E-state index in [4.69, 9.17) is 21.6 Å². The molecule has 0 radical (unpaired) electrons.